The molecule has 1 aromatic rings. The molecule has 17 heavy (non-hydrogen) atoms. The van der Waals surface area contributed by atoms with E-state index < -0.39 is 0 Å². The van der Waals surface area contributed by atoms with Gasteiger partial charge in [0.2, 0.25) is 5.91 Å². The van der Waals surface area contributed by atoms with Gasteiger partial charge >= 0.3 is 0 Å². The van der Waals surface area contributed by atoms with E-state index in [-0.39, 0.29) is 5.91 Å². The van der Waals surface area contributed by atoms with E-state index in [2.05, 4.69) is 24.5 Å². The molecule has 4 nitrogen and oxygen atoms in total. The molecule has 0 saturated carbocycles. The number of carbonyl (C=O) groups excluding carboxylic acids is 1. The monoisotopic (exact) mass is 236 g/mol. The summed E-state index contributed by atoms with van der Waals surface area (Å²) >= 11 is 0. The summed E-state index contributed by atoms with van der Waals surface area (Å²) in [7, 11) is 0. The average molecular weight is 236 g/mol. The van der Waals surface area contributed by atoms with Gasteiger partial charge in [-0.3, -0.25) is 4.79 Å². The van der Waals surface area contributed by atoms with Gasteiger partial charge in [-0.15, -0.1) is 0 Å². The topological polar surface area (TPSA) is 50.4 Å². The summed E-state index contributed by atoms with van der Waals surface area (Å²) in [4.78, 5) is 10.9. The van der Waals surface area contributed by atoms with Crippen LogP contribution in [0.1, 0.15) is 20.8 Å². The molecule has 0 unspecified atom stereocenters. The number of benzene rings is 1. The highest BCUT2D eigenvalue weighted by Crippen LogP contribution is 2.16. The maximum atomic E-state index is 10.9. The molecule has 0 bridgehead atoms. The number of carbonyl (C=O) groups is 1. The van der Waals surface area contributed by atoms with E-state index in [1.54, 1.807) is 0 Å². The first-order valence-electron chi connectivity index (χ1n) is 5.82. The number of amides is 1. The van der Waals surface area contributed by atoms with Crippen molar-refractivity contribution in [1.82, 2.24) is 5.32 Å². The van der Waals surface area contributed by atoms with E-state index in [0.29, 0.717) is 12.6 Å². The van der Waals surface area contributed by atoms with Gasteiger partial charge in [-0.2, -0.15) is 0 Å². The summed E-state index contributed by atoms with van der Waals surface area (Å²) in [6, 6.07) is 7.85. The lowest BCUT2D eigenvalue weighted by atomic mass is 10.3. The van der Waals surface area contributed by atoms with Crippen molar-refractivity contribution >= 4 is 11.6 Å². The van der Waals surface area contributed by atoms with Crippen molar-refractivity contribution < 1.29 is 9.53 Å². The Morgan fingerprint density at radius 3 is 2.82 bits per heavy atom. The fourth-order valence-corrected chi connectivity index (χ4v) is 1.38. The molecule has 2 N–H and O–H groups in total. The molecule has 94 valence electrons. The van der Waals surface area contributed by atoms with E-state index >= 15 is 0 Å². The smallest absolute Gasteiger partial charge is 0.221 e. The lowest BCUT2D eigenvalue weighted by Crippen LogP contribution is -2.27. The zero-order valence-corrected chi connectivity index (χ0v) is 10.6. The van der Waals surface area contributed by atoms with Crippen LogP contribution in [0.5, 0.6) is 5.75 Å². The Bertz CT molecular complexity index is 364. The highest BCUT2D eigenvalue weighted by atomic mass is 16.5. The van der Waals surface area contributed by atoms with E-state index in [4.69, 9.17) is 4.74 Å². The van der Waals surface area contributed by atoms with Crippen molar-refractivity contribution in [2.45, 2.75) is 26.8 Å². The summed E-state index contributed by atoms with van der Waals surface area (Å²) in [5.41, 5.74) is 0.756. The average Bonchev–Trinajstić information content (AvgIpc) is 2.24. The van der Waals surface area contributed by atoms with Crippen molar-refractivity contribution in [2.24, 2.45) is 0 Å². The molecule has 0 atom stereocenters. The third-order valence-corrected chi connectivity index (χ3v) is 2.08. The number of ether oxygens (including phenoxy) is 1. The Morgan fingerprint density at radius 1 is 1.41 bits per heavy atom. The second kappa shape index (κ2) is 6.91. The minimum absolute atomic E-state index is 0.0800. The maximum absolute atomic E-state index is 10.9. The number of hydrogen-bond donors (Lipinski definition) is 2. The highest BCUT2D eigenvalue weighted by molar-refractivity contribution is 5.88. The Labute approximate surface area is 102 Å². The van der Waals surface area contributed by atoms with Crippen LogP contribution in [0.4, 0.5) is 5.69 Å². The lowest BCUT2D eigenvalue weighted by Gasteiger charge is -2.10. The second-order valence-corrected chi connectivity index (χ2v) is 4.17. The van der Waals surface area contributed by atoms with Crippen LogP contribution in [-0.2, 0) is 4.79 Å². The molecular weight excluding hydrogens is 216 g/mol. The molecule has 1 aromatic carbocycles. The molecule has 4 heteroatoms. The lowest BCUT2D eigenvalue weighted by molar-refractivity contribution is -0.114. The van der Waals surface area contributed by atoms with Crippen LogP contribution in [0.3, 0.4) is 0 Å². The van der Waals surface area contributed by atoms with Crippen molar-refractivity contribution in [3.8, 4) is 5.75 Å². The molecule has 0 aliphatic rings. The zero-order chi connectivity index (χ0) is 12.7. The van der Waals surface area contributed by atoms with Gasteiger partial charge in [0.15, 0.2) is 0 Å². The van der Waals surface area contributed by atoms with E-state index in [1.807, 2.05) is 24.3 Å². The van der Waals surface area contributed by atoms with Gasteiger partial charge in [0, 0.05) is 31.3 Å². The molecule has 0 aromatic heterocycles. The first kappa shape index (κ1) is 13.5. The van der Waals surface area contributed by atoms with Gasteiger partial charge in [0.1, 0.15) is 12.4 Å². The van der Waals surface area contributed by atoms with Gasteiger partial charge in [-0.1, -0.05) is 19.9 Å². The number of anilines is 1. The Morgan fingerprint density at radius 2 is 2.18 bits per heavy atom. The number of rotatable bonds is 6. The first-order valence-corrected chi connectivity index (χ1v) is 5.82. The van der Waals surface area contributed by atoms with E-state index in [9.17, 15) is 4.79 Å². The standard InChI is InChI=1S/C13H20N2O2/c1-10(2)14-7-8-17-13-6-4-5-12(9-13)15-11(3)16/h4-6,9-10,14H,7-8H2,1-3H3,(H,15,16). The first-order chi connectivity index (χ1) is 8.08. The van der Waals surface area contributed by atoms with Crippen molar-refractivity contribution in [2.75, 3.05) is 18.5 Å². The fraction of sp³-hybridized carbons (Fsp3) is 0.462. The summed E-state index contributed by atoms with van der Waals surface area (Å²) in [6.45, 7) is 7.10. The van der Waals surface area contributed by atoms with Crippen LogP contribution in [0, 0.1) is 0 Å². The van der Waals surface area contributed by atoms with Gasteiger partial charge in [-0.05, 0) is 12.1 Å². The normalized spacial score (nSPS) is 10.4. The fourth-order valence-electron chi connectivity index (χ4n) is 1.38. The predicted octanol–water partition coefficient (Wildman–Crippen LogP) is 2.02. The molecule has 0 heterocycles. The summed E-state index contributed by atoms with van der Waals surface area (Å²) < 4.78 is 5.56. The van der Waals surface area contributed by atoms with Gasteiger partial charge < -0.3 is 15.4 Å². The molecule has 0 spiro atoms. The minimum atomic E-state index is -0.0800. The molecule has 0 aliphatic heterocycles. The van der Waals surface area contributed by atoms with Crippen LogP contribution in [0.15, 0.2) is 24.3 Å². The third-order valence-electron chi connectivity index (χ3n) is 2.08. The number of nitrogens with one attached hydrogen (secondary N) is 2. The van der Waals surface area contributed by atoms with Crippen LogP contribution >= 0.6 is 0 Å². The third kappa shape index (κ3) is 5.92. The summed E-state index contributed by atoms with van der Waals surface area (Å²) in [6.07, 6.45) is 0. The van der Waals surface area contributed by atoms with Gasteiger partial charge in [-0.25, -0.2) is 0 Å². The second-order valence-electron chi connectivity index (χ2n) is 4.17. The zero-order valence-electron chi connectivity index (χ0n) is 10.6. The summed E-state index contributed by atoms with van der Waals surface area (Å²) in [5, 5.41) is 5.99. The molecule has 0 aliphatic carbocycles. The Hall–Kier alpha value is -1.55. The Kier molecular flexibility index (Phi) is 5.49. The Balaban J connectivity index is 2.40. The predicted molar refractivity (Wildman–Crippen MR) is 69.4 cm³/mol. The van der Waals surface area contributed by atoms with E-state index in [1.165, 1.54) is 6.92 Å². The molecular formula is C13H20N2O2. The largest absolute Gasteiger partial charge is 0.492 e. The number of hydrogen-bond acceptors (Lipinski definition) is 3. The van der Waals surface area contributed by atoms with Crippen LogP contribution in [-0.4, -0.2) is 25.1 Å². The van der Waals surface area contributed by atoms with Crippen LogP contribution < -0.4 is 15.4 Å². The summed E-state index contributed by atoms with van der Waals surface area (Å²) in [5.74, 6) is 0.686. The van der Waals surface area contributed by atoms with Crippen LogP contribution in [0.2, 0.25) is 0 Å². The molecule has 1 rings (SSSR count). The van der Waals surface area contributed by atoms with Crippen molar-refractivity contribution in [3.05, 3.63) is 24.3 Å². The maximum Gasteiger partial charge on any atom is 0.221 e. The van der Waals surface area contributed by atoms with Crippen LogP contribution in [0.25, 0.3) is 0 Å². The van der Waals surface area contributed by atoms with Crippen molar-refractivity contribution in [3.63, 3.8) is 0 Å². The molecule has 0 fully saturated rings. The quantitative estimate of drug-likeness (QED) is 0.743. The minimum Gasteiger partial charge on any atom is -0.492 e. The van der Waals surface area contributed by atoms with E-state index in [0.717, 1.165) is 18.0 Å². The van der Waals surface area contributed by atoms with Gasteiger partial charge in [0.05, 0.1) is 0 Å². The molecule has 0 saturated heterocycles. The molecule has 1 amide bonds. The van der Waals surface area contributed by atoms with Gasteiger partial charge in [0.25, 0.3) is 0 Å². The SMILES string of the molecule is CC(=O)Nc1cccc(OCCNC(C)C)c1. The highest BCUT2D eigenvalue weighted by Gasteiger charge is 1.99. The molecule has 0 radical (unpaired) electrons. The van der Waals surface area contributed by atoms with Crippen molar-refractivity contribution in [1.29, 1.82) is 0 Å².